The summed E-state index contributed by atoms with van der Waals surface area (Å²) in [6.45, 7) is 0. The third kappa shape index (κ3) is 3.09. The SMILES string of the molecule is CNC(=S)NNC(=O)c1ccccc1OC. The van der Waals surface area contributed by atoms with Crippen LogP contribution in [0.5, 0.6) is 5.75 Å². The molecule has 0 spiro atoms. The Bertz CT molecular complexity index is 395. The third-order valence-corrected chi connectivity index (χ3v) is 2.17. The lowest BCUT2D eigenvalue weighted by molar-refractivity contribution is 0.0940. The molecule has 0 fully saturated rings. The minimum atomic E-state index is -0.310. The third-order valence-electron chi connectivity index (χ3n) is 1.87. The van der Waals surface area contributed by atoms with Gasteiger partial charge in [-0.15, -0.1) is 0 Å². The quantitative estimate of drug-likeness (QED) is 0.516. The molecule has 1 aromatic carbocycles. The number of ether oxygens (including phenoxy) is 1. The second-order valence-corrected chi connectivity index (χ2v) is 3.27. The van der Waals surface area contributed by atoms with E-state index < -0.39 is 0 Å². The van der Waals surface area contributed by atoms with Gasteiger partial charge in [0.25, 0.3) is 5.91 Å². The average Bonchev–Trinajstić information content (AvgIpc) is 2.35. The molecule has 0 radical (unpaired) electrons. The molecule has 5 nitrogen and oxygen atoms in total. The Labute approximate surface area is 99.1 Å². The van der Waals surface area contributed by atoms with Gasteiger partial charge in [-0.25, -0.2) is 0 Å². The van der Waals surface area contributed by atoms with Crippen LogP contribution in [0, 0.1) is 0 Å². The summed E-state index contributed by atoms with van der Waals surface area (Å²) in [4.78, 5) is 11.7. The number of benzene rings is 1. The summed E-state index contributed by atoms with van der Waals surface area (Å²) in [6.07, 6.45) is 0. The number of hydrogen-bond acceptors (Lipinski definition) is 3. The van der Waals surface area contributed by atoms with E-state index in [-0.39, 0.29) is 5.91 Å². The van der Waals surface area contributed by atoms with E-state index in [2.05, 4.69) is 16.2 Å². The Hall–Kier alpha value is -1.82. The van der Waals surface area contributed by atoms with Gasteiger partial charge >= 0.3 is 0 Å². The number of hydrogen-bond donors (Lipinski definition) is 3. The van der Waals surface area contributed by atoms with Gasteiger partial charge in [-0.05, 0) is 24.4 Å². The summed E-state index contributed by atoms with van der Waals surface area (Å²) in [5.41, 5.74) is 5.44. The van der Waals surface area contributed by atoms with Gasteiger partial charge in [-0.1, -0.05) is 12.1 Å². The van der Waals surface area contributed by atoms with Crippen molar-refractivity contribution in [3.63, 3.8) is 0 Å². The Morgan fingerprint density at radius 1 is 1.31 bits per heavy atom. The molecule has 0 aromatic heterocycles. The van der Waals surface area contributed by atoms with Gasteiger partial charge in [0.1, 0.15) is 5.75 Å². The lowest BCUT2D eigenvalue weighted by Gasteiger charge is -2.10. The molecule has 1 rings (SSSR count). The van der Waals surface area contributed by atoms with Gasteiger partial charge < -0.3 is 10.1 Å². The molecule has 6 heteroatoms. The summed E-state index contributed by atoms with van der Waals surface area (Å²) in [6, 6.07) is 6.93. The van der Waals surface area contributed by atoms with Crippen LogP contribution in [-0.4, -0.2) is 25.2 Å². The van der Waals surface area contributed by atoms with E-state index in [1.54, 1.807) is 31.3 Å². The summed E-state index contributed by atoms with van der Waals surface area (Å²) in [7, 11) is 3.17. The second-order valence-electron chi connectivity index (χ2n) is 2.86. The number of rotatable bonds is 2. The first-order chi connectivity index (χ1) is 7.69. The van der Waals surface area contributed by atoms with Crippen molar-refractivity contribution in [1.29, 1.82) is 0 Å². The van der Waals surface area contributed by atoms with E-state index in [4.69, 9.17) is 17.0 Å². The van der Waals surface area contributed by atoms with Crippen LogP contribution in [0.4, 0.5) is 0 Å². The minimum absolute atomic E-state index is 0.310. The fraction of sp³-hybridized carbons (Fsp3) is 0.200. The first-order valence-corrected chi connectivity index (χ1v) is 5.01. The highest BCUT2D eigenvalue weighted by Gasteiger charge is 2.10. The van der Waals surface area contributed by atoms with Crippen molar-refractivity contribution in [3.8, 4) is 5.75 Å². The smallest absolute Gasteiger partial charge is 0.273 e. The fourth-order valence-electron chi connectivity index (χ4n) is 1.08. The number of methoxy groups -OCH3 is 1. The number of carbonyl (C=O) groups is 1. The van der Waals surface area contributed by atoms with Crippen molar-refractivity contribution in [1.82, 2.24) is 16.2 Å². The lowest BCUT2D eigenvalue weighted by atomic mass is 10.2. The van der Waals surface area contributed by atoms with Crippen LogP contribution in [0.1, 0.15) is 10.4 Å². The predicted octanol–water partition coefficient (Wildman–Crippen LogP) is 0.434. The second kappa shape index (κ2) is 5.92. The highest BCUT2D eigenvalue weighted by atomic mass is 32.1. The van der Waals surface area contributed by atoms with Crippen molar-refractivity contribution < 1.29 is 9.53 Å². The molecular weight excluding hydrogens is 226 g/mol. The number of amides is 1. The van der Waals surface area contributed by atoms with Crippen molar-refractivity contribution in [2.24, 2.45) is 0 Å². The van der Waals surface area contributed by atoms with Crippen molar-refractivity contribution in [3.05, 3.63) is 29.8 Å². The molecule has 0 aliphatic heterocycles. The van der Waals surface area contributed by atoms with E-state index in [1.165, 1.54) is 7.11 Å². The predicted molar refractivity (Wildman–Crippen MR) is 65.3 cm³/mol. The van der Waals surface area contributed by atoms with E-state index in [9.17, 15) is 4.79 Å². The van der Waals surface area contributed by atoms with Gasteiger partial charge in [-0.3, -0.25) is 15.6 Å². The van der Waals surface area contributed by atoms with E-state index in [0.717, 1.165) is 0 Å². The largest absolute Gasteiger partial charge is 0.496 e. The Morgan fingerprint density at radius 2 is 2.00 bits per heavy atom. The molecule has 0 heterocycles. The molecule has 86 valence electrons. The van der Waals surface area contributed by atoms with Crippen LogP contribution in [0.15, 0.2) is 24.3 Å². The molecule has 0 saturated carbocycles. The van der Waals surface area contributed by atoms with Gasteiger partial charge in [0.05, 0.1) is 12.7 Å². The van der Waals surface area contributed by atoms with Gasteiger partial charge in [0, 0.05) is 7.05 Å². The summed E-state index contributed by atoms with van der Waals surface area (Å²) < 4.78 is 5.06. The highest BCUT2D eigenvalue weighted by molar-refractivity contribution is 7.80. The monoisotopic (exact) mass is 239 g/mol. The van der Waals surface area contributed by atoms with Crippen LogP contribution in [-0.2, 0) is 0 Å². The van der Waals surface area contributed by atoms with E-state index in [0.29, 0.717) is 16.4 Å². The van der Waals surface area contributed by atoms with Crippen LogP contribution in [0.3, 0.4) is 0 Å². The van der Waals surface area contributed by atoms with Crippen molar-refractivity contribution >= 4 is 23.2 Å². The number of hydrazine groups is 1. The van der Waals surface area contributed by atoms with Crippen molar-refractivity contribution in [2.75, 3.05) is 14.2 Å². The highest BCUT2D eigenvalue weighted by Crippen LogP contribution is 2.16. The summed E-state index contributed by atoms with van der Waals surface area (Å²) in [5.74, 6) is 0.201. The molecule has 0 aliphatic rings. The maximum Gasteiger partial charge on any atom is 0.273 e. The lowest BCUT2D eigenvalue weighted by Crippen LogP contribution is -2.45. The molecule has 0 aliphatic carbocycles. The molecule has 0 unspecified atom stereocenters. The summed E-state index contributed by atoms with van der Waals surface area (Å²) >= 11 is 4.82. The number of para-hydroxylation sites is 1. The number of carbonyl (C=O) groups excluding carboxylic acids is 1. The van der Waals surface area contributed by atoms with E-state index in [1.807, 2.05) is 0 Å². The molecule has 0 bridgehead atoms. The van der Waals surface area contributed by atoms with E-state index >= 15 is 0 Å². The Balaban J connectivity index is 2.69. The minimum Gasteiger partial charge on any atom is -0.496 e. The average molecular weight is 239 g/mol. The molecule has 1 aromatic rings. The molecule has 0 saturated heterocycles. The first kappa shape index (κ1) is 12.3. The zero-order valence-corrected chi connectivity index (χ0v) is 9.85. The molecule has 3 N–H and O–H groups in total. The Kier molecular flexibility index (Phi) is 4.53. The molecule has 0 atom stereocenters. The van der Waals surface area contributed by atoms with Crippen LogP contribution in [0.2, 0.25) is 0 Å². The zero-order valence-electron chi connectivity index (χ0n) is 9.03. The zero-order chi connectivity index (χ0) is 12.0. The maximum atomic E-state index is 11.7. The number of thiocarbonyl (C=S) groups is 1. The topological polar surface area (TPSA) is 62.4 Å². The number of nitrogens with one attached hydrogen (secondary N) is 3. The maximum absolute atomic E-state index is 11.7. The van der Waals surface area contributed by atoms with Gasteiger partial charge in [0.15, 0.2) is 5.11 Å². The fourth-order valence-corrected chi connectivity index (χ4v) is 1.13. The van der Waals surface area contributed by atoms with Crippen LogP contribution in [0.25, 0.3) is 0 Å². The van der Waals surface area contributed by atoms with Gasteiger partial charge in [-0.2, -0.15) is 0 Å². The van der Waals surface area contributed by atoms with Crippen LogP contribution >= 0.6 is 12.2 Å². The standard InChI is InChI=1S/C10H13N3O2S/c1-11-10(16)13-12-9(14)7-5-3-4-6-8(7)15-2/h3-6H,1-2H3,(H,12,14)(H2,11,13,16). The van der Waals surface area contributed by atoms with Crippen LogP contribution < -0.4 is 20.9 Å². The first-order valence-electron chi connectivity index (χ1n) is 4.60. The Morgan fingerprint density at radius 3 is 2.62 bits per heavy atom. The normalized spacial score (nSPS) is 9.12. The summed E-state index contributed by atoms with van der Waals surface area (Å²) in [5, 5.41) is 3.01. The molecular formula is C10H13N3O2S. The van der Waals surface area contributed by atoms with Crippen molar-refractivity contribution in [2.45, 2.75) is 0 Å². The van der Waals surface area contributed by atoms with Gasteiger partial charge in [0.2, 0.25) is 0 Å². The molecule has 1 amide bonds. The molecule has 16 heavy (non-hydrogen) atoms.